The molecule has 70 heavy (non-hydrogen) atoms. The molecule has 24 unspecified atom stereocenters. The van der Waals surface area contributed by atoms with Crippen LogP contribution in [0.3, 0.4) is 0 Å². The van der Waals surface area contributed by atoms with Crippen molar-refractivity contribution in [2.45, 2.75) is 251 Å². The van der Waals surface area contributed by atoms with Gasteiger partial charge in [-0.1, -0.05) is 104 Å². The summed E-state index contributed by atoms with van der Waals surface area (Å²) in [5.41, 5.74) is 0. The molecule has 0 aromatic heterocycles. The first-order valence-electron chi connectivity index (χ1n) is 29.9. The van der Waals surface area contributed by atoms with Crippen molar-refractivity contribution in [2.75, 3.05) is 28.8 Å². The number of hydrogen-bond acceptors (Lipinski definition) is 8. The predicted molar refractivity (Wildman–Crippen MR) is 346 cm³/mol. The quantitative estimate of drug-likeness (QED) is 0.0869. The summed E-state index contributed by atoms with van der Waals surface area (Å²) < 4.78 is 0. The van der Waals surface area contributed by atoms with Crippen LogP contribution in [0.25, 0.3) is 0 Å². The van der Waals surface area contributed by atoms with Gasteiger partial charge in [0.1, 0.15) is 0 Å². The molecular weight excluding hydrogens is 1000 g/mol. The van der Waals surface area contributed by atoms with Gasteiger partial charge < -0.3 is 0 Å². The lowest BCUT2D eigenvalue weighted by atomic mass is 9.76. The monoisotopic (exact) mass is 1120 g/mol. The van der Waals surface area contributed by atoms with Crippen LogP contribution < -0.4 is 0 Å². The van der Waals surface area contributed by atoms with Crippen molar-refractivity contribution in [2.24, 2.45) is 107 Å². The van der Waals surface area contributed by atoms with Crippen molar-refractivity contribution in [3.63, 3.8) is 0 Å². The van der Waals surface area contributed by atoms with Gasteiger partial charge in [0.2, 0.25) is 0 Å². The summed E-state index contributed by atoms with van der Waals surface area (Å²) in [5.74, 6) is 22.0. The van der Waals surface area contributed by atoms with Gasteiger partial charge in [0.05, 0.1) is 0 Å². The van der Waals surface area contributed by atoms with Crippen LogP contribution in [0.15, 0.2) is 0 Å². The molecule has 8 heteroatoms. The molecule has 0 N–H and O–H groups in total. The third kappa shape index (κ3) is 21.8. The molecule has 0 bridgehead atoms. The molecule has 0 spiro atoms. The molecule has 0 amide bonds. The summed E-state index contributed by atoms with van der Waals surface area (Å²) in [7, 11) is 0. The van der Waals surface area contributed by atoms with Gasteiger partial charge in [-0.2, -0.15) is 98.4 Å². The Kier molecular flexibility index (Phi) is 33.3. The lowest BCUT2D eigenvalue weighted by Gasteiger charge is -2.42. The Morgan fingerprint density at radius 3 is 0.986 bits per heavy atom. The van der Waals surface area contributed by atoms with Crippen LogP contribution in [-0.2, 0) is 0 Å². The van der Waals surface area contributed by atoms with Gasteiger partial charge in [-0.05, 0) is 251 Å². The standard InChI is InChI=1S/C21H40S2.2C20H38S3.CH4/c1-6-14(2)18-9-7-15(3)20(11-18)23-21-12-19(17(5)13-22)10-8-16(21)4;1-13-5-7-17(9-19(13)22)16(4)12-23-20-10-18(15(3)11-21)8-6-14(20)2;1-13-5-7-17(9-19(13)21)15(3)11-23-12-16(4)18-8-6-14(2)20(22)10-18;/h14-22H,6-13H2,1-5H3;2*13-22H,5-12H2,1-4H3;1H4. The maximum atomic E-state index is 4.83. The Morgan fingerprint density at radius 2 is 0.657 bits per heavy atom. The van der Waals surface area contributed by atoms with Crippen molar-refractivity contribution in [1.82, 2.24) is 0 Å². The second-order valence-electron chi connectivity index (χ2n) is 26.3. The average molecular weight is 1120 g/mol. The van der Waals surface area contributed by atoms with Gasteiger partial charge in [-0.25, -0.2) is 0 Å². The Balaban J connectivity index is 0.000000276. The van der Waals surface area contributed by atoms with Crippen LogP contribution in [0.1, 0.15) is 219 Å². The largest absolute Gasteiger partial charge is 0.179 e. The van der Waals surface area contributed by atoms with Crippen LogP contribution in [0, 0.1) is 107 Å². The summed E-state index contributed by atoms with van der Waals surface area (Å²) in [5, 5.41) is 4.61. The second kappa shape index (κ2) is 34.7. The molecular formula is C62H120S8. The highest BCUT2D eigenvalue weighted by Crippen LogP contribution is 2.48. The van der Waals surface area contributed by atoms with Gasteiger partial charge in [-0.15, -0.1) is 0 Å². The molecule has 6 aliphatic rings. The highest BCUT2D eigenvalue weighted by atomic mass is 32.2. The van der Waals surface area contributed by atoms with Crippen LogP contribution in [0.5, 0.6) is 0 Å². The zero-order chi connectivity index (χ0) is 50.9. The third-order valence-corrected chi connectivity index (χ3v) is 29.5. The minimum atomic E-state index is 0. The zero-order valence-electron chi connectivity index (χ0n) is 47.3. The maximum Gasteiger partial charge on any atom is 0.00783 e. The van der Waals surface area contributed by atoms with E-state index in [1.165, 1.54) is 139 Å². The van der Waals surface area contributed by atoms with Gasteiger partial charge in [0.15, 0.2) is 0 Å². The Morgan fingerprint density at radius 1 is 0.371 bits per heavy atom. The van der Waals surface area contributed by atoms with E-state index in [-0.39, 0.29) is 7.43 Å². The van der Waals surface area contributed by atoms with Crippen LogP contribution in [0.2, 0.25) is 0 Å². The van der Waals surface area contributed by atoms with Crippen molar-refractivity contribution in [1.29, 1.82) is 0 Å². The molecule has 0 nitrogen and oxygen atoms in total. The molecule has 6 saturated carbocycles. The smallest absolute Gasteiger partial charge is 0.00783 e. The van der Waals surface area contributed by atoms with Gasteiger partial charge in [0, 0.05) is 31.5 Å². The van der Waals surface area contributed by atoms with E-state index in [9.17, 15) is 0 Å². The van der Waals surface area contributed by atoms with Crippen molar-refractivity contribution < 1.29 is 0 Å². The van der Waals surface area contributed by atoms with E-state index in [1.54, 1.807) is 0 Å². The molecule has 0 saturated heterocycles. The molecule has 6 aliphatic carbocycles. The molecule has 0 radical (unpaired) electrons. The van der Waals surface area contributed by atoms with E-state index in [2.05, 4.69) is 151 Å². The normalized spacial score (nSPS) is 40.9. The molecule has 0 aliphatic heterocycles. The minimum absolute atomic E-state index is 0. The maximum absolute atomic E-state index is 4.83. The van der Waals surface area contributed by atoms with E-state index >= 15 is 0 Å². The summed E-state index contributed by atoms with van der Waals surface area (Å²) in [6.07, 6.45) is 26.8. The van der Waals surface area contributed by atoms with Crippen LogP contribution in [-0.4, -0.2) is 60.3 Å². The van der Waals surface area contributed by atoms with Gasteiger partial charge >= 0.3 is 0 Å². The highest BCUT2D eigenvalue weighted by molar-refractivity contribution is 8.00. The van der Waals surface area contributed by atoms with Gasteiger partial charge in [-0.3, -0.25) is 0 Å². The van der Waals surface area contributed by atoms with Crippen molar-refractivity contribution >= 4 is 98.4 Å². The second-order valence-corrected chi connectivity index (χ2v) is 32.8. The van der Waals surface area contributed by atoms with E-state index in [0.29, 0.717) is 15.7 Å². The summed E-state index contributed by atoms with van der Waals surface area (Å²) in [6.45, 7) is 31.7. The zero-order valence-corrected chi connectivity index (χ0v) is 54.2. The molecule has 0 heterocycles. The van der Waals surface area contributed by atoms with E-state index in [4.69, 9.17) is 37.9 Å². The number of thiol groups is 5. The summed E-state index contributed by atoms with van der Waals surface area (Å²) in [4.78, 5) is 0. The minimum Gasteiger partial charge on any atom is -0.179 e. The van der Waals surface area contributed by atoms with E-state index < -0.39 is 0 Å². The topological polar surface area (TPSA) is 0 Å². The van der Waals surface area contributed by atoms with E-state index in [0.717, 1.165) is 134 Å². The lowest BCUT2D eigenvalue weighted by Crippen LogP contribution is -2.34. The molecule has 0 aromatic rings. The first-order valence-corrected chi connectivity index (χ1v) is 35.8. The number of thioether (sulfide) groups is 3. The Bertz CT molecular complexity index is 1280. The molecule has 6 rings (SSSR count). The average Bonchev–Trinajstić information content (AvgIpc) is 3.34. The fourth-order valence-electron chi connectivity index (χ4n) is 13.6. The first-order chi connectivity index (χ1) is 32.8. The lowest BCUT2D eigenvalue weighted by molar-refractivity contribution is 0.221. The Hall–Kier alpha value is 2.80. The molecule has 24 atom stereocenters. The Labute approximate surface area is 480 Å². The molecule has 6 fully saturated rings. The number of hydrogen-bond donors (Lipinski definition) is 5. The van der Waals surface area contributed by atoms with Gasteiger partial charge in [0.25, 0.3) is 0 Å². The summed E-state index contributed by atoms with van der Waals surface area (Å²) >= 11 is 30.4. The summed E-state index contributed by atoms with van der Waals surface area (Å²) in [6, 6.07) is 0. The van der Waals surface area contributed by atoms with Crippen molar-refractivity contribution in [3.8, 4) is 0 Å². The van der Waals surface area contributed by atoms with Crippen LogP contribution in [0.4, 0.5) is 0 Å². The first kappa shape index (κ1) is 67.1. The molecule has 416 valence electrons. The molecule has 0 aromatic carbocycles. The highest BCUT2D eigenvalue weighted by Gasteiger charge is 2.38. The third-order valence-electron chi connectivity index (χ3n) is 20.8. The predicted octanol–water partition coefficient (Wildman–Crippen LogP) is 20.5. The number of rotatable bonds is 18. The van der Waals surface area contributed by atoms with E-state index in [1.807, 2.05) is 0 Å². The van der Waals surface area contributed by atoms with Crippen LogP contribution >= 0.6 is 98.4 Å². The SMILES string of the molecule is C.CC1CCC(C(C)CSC2CC(C(C)CS)CCC2C)CC1S.CC1CCC(C(C)CSCC(C)C2CCC(C)C(S)C2)CC1S.CCC(C)C1CCC(C)C(SC2CC(C(C)CS)CCC2C)C1. The fourth-order valence-corrected chi connectivity index (χ4v) is 20.5. The van der Waals surface area contributed by atoms with Crippen molar-refractivity contribution in [3.05, 3.63) is 0 Å². The fraction of sp³-hybridized carbons (Fsp3) is 1.00.